The number of anilines is 2. The van der Waals surface area contributed by atoms with Crippen LogP contribution in [0, 0.1) is 0 Å². The van der Waals surface area contributed by atoms with E-state index in [0.29, 0.717) is 34.5 Å². The van der Waals surface area contributed by atoms with Gasteiger partial charge in [-0.15, -0.1) is 0 Å². The lowest BCUT2D eigenvalue weighted by atomic mass is 9.78. The molecule has 2 aromatic heterocycles. The average Bonchev–Trinajstić information content (AvgIpc) is 3.75. The number of benzene rings is 4. The summed E-state index contributed by atoms with van der Waals surface area (Å²) in [6, 6.07) is 31.1. The highest BCUT2D eigenvalue weighted by atomic mass is 16.5. The van der Waals surface area contributed by atoms with Crippen molar-refractivity contribution in [2.75, 3.05) is 10.6 Å². The number of amides is 2. The first-order chi connectivity index (χ1) is 26.5. The number of carbonyl (C=O) groups is 2. The van der Waals surface area contributed by atoms with Gasteiger partial charge < -0.3 is 20.1 Å². The molecule has 0 atom stereocenters. The highest BCUT2D eigenvalue weighted by Crippen LogP contribution is 2.35. The summed E-state index contributed by atoms with van der Waals surface area (Å²) in [5.74, 6) is 3.75. The van der Waals surface area contributed by atoms with E-state index in [9.17, 15) is 9.59 Å². The third kappa shape index (κ3) is 9.32. The molecule has 0 saturated carbocycles. The molecule has 0 spiro atoms. The van der Waals surface area contributed by atoms with E-state index in [1.165, 1.54) is 0 Å². The lowest BCUT2D eigenvalue weighted by Gasteiger charge is -2.26. The SMILES string of the molecule is CCCCn1cc[n+](C)c1C(=O)Nc1ccc(Oc2ccc(C(C)(C)c3ccc(Oc4ccc(NC(=O)c5n(CCCC)cc[n+]5C)cc4)cc3)cc2)cc1. The Bertz CT molecular complexity index is 2040. The second-order valence-electron chi connectivity index (χ2n) is 14.4. The van der Waals surface area contributed by atoms with Crippen LogP contribution in [0.3, 0.4) is 0 Å². The summed E-state index contributed by atoms with van der Waals surface area (Å²) >= 11 is 0. The molecule has 284 valence electrons. The lowest BCUT2D eigenvalue weighted by molar-refractivity contribution is -0.673. The average molecular weight is 741 g/mol. The molecule has 0 aliphatic carbocycles. The molecule has 0 fully saturated rings. The zero-order chi connectivity index (χ0) is 39.0. The van der Waals surface area contributed by atoms with Crippen molar-refractivity contribution in [1.29, 1.82) is 0 Å². The number of hydrogen-bond donors (Lipinski definition) is 2. The Labute approximate surface area is 324 Å². The maximum atomic E-state index is 13.1. The summed E-state index contributed by atoms with van der Waals surface area (Å²) in [5.41, 5.74) is 3.43. The minimum absolute atomic E-state index is 0.148. The molecule has 0 unspecified atom stereocenters. The van der Waals surface area contributed by atoms with Crippen LogP contribution >= 0.6 is 0 Å². The van der Waals surface area contributed by atoms with Crippen LogP contribution in [0.4, 0.5) is 11.4 Å². The second kappa shape index (κ2) is 17.3. The molecule has 2 heterocycles. The second-order valence-corrected chi connectivity index (χ2v) is 14.4. The van der Waals surface area contributed by atoms with Crippen LogP contribution in [0.25, 0.3) is 0 Å². The minimum atomic E-state index is -0.267. The van der Waals surface area contributed by atoms with Gasteiger partial charge in [0.2, 0.25) is 0 Å². The largest absolute Gasteiger partial charge is 0.457 e. The van der Waals surface area contributed by atoms with Crippen molar-refractivity contribution in [3.05, 3.63) is 145 Å². The predicted molar refractivity (Wildman–Crippen MR) is 215 cm³/mol. The van der Waals surface area contributed by atoms with Crippen LogP contribution in [0.15, 0.2) is 122 Å². The van der Waals surface area contributed by atoms with Crippen LogP contribution < -0.4 is 29.2 Å². The van der Waals surface area contributed by atoms with Crippen LogP contribution in [0.5, 0.6) is 23.0 Å². The van der Waals surface area contributed by atoms with E-state index in [1.807, 2.05) is 130 Å². The van der Waals surface area contributed by atoms with Crippen molar-refractivity contribution in [2.45, 2.75) is 71.9 Å². The van der Waals surface area contributed by atoms with Crippen LogP contribution in [0.2, 0.25) is 0 Å². The van der Waals surface area contributed by atoms with Crippen LogP contribution in [0.1, 0.15) is 85.7 Å². The molecular weight excluding hydrogens is 689 g/mol. The predicted octanol–water partition coefficient (Wildman–Crippen LogP) is 8.95. The topological polar surface area (TPSA) is 94.3 Å². The van der Waals surface area contributed by atoms with Crippen molar-refractivity contribution in [2.24, 2.45) is 14.1 Å². The molecule has 2 N–H and O–H groups in total. The number of carbonyl (C=O) groups excluding carboxylic acids is 2. The quantitative estimate of drug-likeness (QED) is 0.0970. The van der Waals surface area contributed by atoms with Crippen molar-refractivity contribution in [3.63, 3.8) is 0 Å². The number of imidazole rings is 2. The summed E-state index contributed by atoms with van der Waals surface area (Å²) in [6.45, 7) is 10.3. The standard InChI is InChI=1S/C45H50N6O4/c1-7-9-27-50-31-29-48(5)43(50)41(52)46-35-15-23-39(24-16-35)54-37-19-11-33(12-20-37)45(3,4)34-13-21-38(22-14-34)55-40-25-17-36(18-26-40)47-42(53)44-49(6)30-32-51(44)28-10-8-2/h11-26,29-32H,7-10,27-28H2,1-6H3/p+2. The number of ether oxygens (including phenoxy) is 2. The van der Waals surface area contributed by atoms with Gasteiger partial charge in [-0.05, 0) is 96.8 Å². The molecular formula is C45H52N6O4+2. The van der Waals surface area contributed by atoms with E-state index < -0.39 is 0 Å². The van der Waals surface area contributed by atoms with Gasteiger partial charge >= 0.3 is 23.5 Å². The van der Waals surface area contributed by atoms with Gasteiger partial charge in [-0.1, -0.05) is 64.8 Å². The molecule has 55 heavy (non-hydrogen) atoms. The number of hydrogen-bond acceptors (Lipinski definition) is 4. The highest BCUT2D eigenvalue weighted by Gasteiger charge is 2.25. The van der Waals surface area contributed by atoms with Gasteiger partial charge in [0.25, 0.3) is 0 Å². The Balaban J connectivity index is 1.02. The third-order valence-electron chi connectivity index (χ3n) is 9.91. The summed E-state index contributed by atoms with van der Waals surface area (Å²) in [6.07, 6.45) is 11.9. The van der Waals surface area contributed by atoms with E-state index in [1.54, 1.807) is 0 Å². The van der Waals surface area contributed by atoms with Gasteiger partial charge in [0.15, 0.2) is 0 Å². The fraction of sp³-hybridized carbons (Fsp3) is 0.289. The molecule has 4 aromatic carbocycles. The number of unbranched alkanes of at least 4 members (excludes halogenated alkanes) is 2. The molecule has 10 nitrogen and oxygen atoms in total. The first kappa shape index (κ1) is 38.6. The van der Waals surface area contributed by atoms with Crippen molar-refractivity contribution in [3.8, 4) is 23.0 Å². The molecule has 10 heteroatoms. The van der Waals surface area contributed by atoms with Crippen LogP contribution in [-0.4, -0.2) is 20.9 Å². The Hall–Kier alpha value is -6.16. The molecule has 0 saturated heterocycles. The summed E-state index contributed by atoms with van der Waals surface area (Å²) in [4.78, 5) is 26.1. The van der Waals surface area contributed by atoms with Gasteiger partial charge in [-0.3, -0.25) is 9.59 Å². The number of aromatic nitrogens is 4. The zero-order valence-corrected chi connectivity index (χ0v) is 32.7. The summed E-state index contributed by atoms with van der Waals surface area (Å²) in [7, 11) is 3.77. The number of aryl methyl sites for hydroxylation is 4. The molecule has 6 aromatic rings. The molecule has 6 rings (SSSR count). The normalized spacial score (nSPS) is 11.3. The van der Waals surface area contributed by atoms with Crippen molar-refractivity contribution >= 4 is 23.2 Å². The molecule has 0 radical (unpaired) electrons. The minimum Gasteiger partial charge on any atom is -0.457 e. The number of rotatable bonds is 16. The fourth-order valence-electron chi connectivity index (χ4n) is 6.55. The number of nitrogens with one attached hydrogen (secondary N) is 2. The fourth-order valence-corrected chi connectivity index (χ4v) is 6.55. The lowest BCUT2D eigenvalue weighted by Crippen LogP contribution is -2.37. The molecule has 0 bridgehead atoms. The molecule has 0 aliphatic rings. The third-order valence-corrected chi connectivity index (χ3v) is 9.91. The monoisotopic (exact) mass is 740 g/mol. The Morgan fingerprint density at radius 1 is 0.564 bits per heavy atom. The summed E-state index contributed by atoms with van der Waals surface area (Å²) < 4.78 is 20.0. The highest BCUT2D eigenvalue weighted by molar-refractivity contribution is 6.01. The van der Waals surface area contributed by atoms with Crippen molar-refractivity contribution in [1.82, 2.24) is 9.13 Å². The molecule has 0 aliphatic heterocycles. The van der Waals surface area contributed by atoms with E-state index in [-0.39, 0.29) is 17.2 Å². The van der Waals surface area contributed by atoms with Gasteiger partial charge in [0.1, 0.15) is 47.8 Å². The zero-order valence-electron chi connectivity index (χ0n) is 32.7. The Morgan fingerprint density at radius 3 is 1.22 bits per heavy atom. The van der Waals surface area contributed by atoms with Gasteiger partial charge in [0, 0.05) is 16.8 Å². The van der Waals surface area contributed by atoms with Crippen molar-refractivity contribution < 1.29 is 28.2 Å². The maximum absolute atomic E-state index is 13.1. The van der Waals surface area contributed by atoms with E-state index in [0.717, 1.165) is 61.4 Å². The Morgan fingerprint density at radius 2 is 0.891 bits per heavy atom. The van der Waals surface area contributed by atoms with Gasteiger partial charge in [-0.25, -0.2) is 18.3 Å². The van der Waals surface area contributed by atoms with Gasteiger partial charge in [0.05, 0.1) is 27.2 Å². The smallest absolute Gasteiger partial charge is 0.348 e. The first-order valence-electron chi connectivity index (χ1n) is 19.0. The van der Waals surface area contributed by atoms with Crippen LogP contribution in [-0.2, 0) is 32.6 Å². The van der Waals surface area contributed by atoms with Gasteiger partial charge in [-0.2, -0.15) is 0 Å². The van der Waals surface area contributed by atoms with E-state index >= 15 is 0 Å². The Kier molecular flexibility index (Phi) is 12.1. The van der Waals surface area contributed by atoms with E-state index in [2.05, 4.69) is 62.6 Å². The molecule has 2 amide bonds. The first-order valence-corrected chi connectivity index (χ1v) is 19.0. The summed E-state index contributed by atoms with van der Waals surface area (Å²) in [5, 5.41) is 6.02. The maximum Gasteiger partial charge on any atom is 0.348 e. The van der Waals surface area contributed by atoms with E-state index in [4.69, 9.17) is 9.47 Å². The number of nitrogens with zero attached hydrogens (tertiary/aromatic N) is 4.